The zero-order chi connectivity index (χ0) is 19.6. The summed E-state index contributed by atoms with van der Waals surface area (Å²) in [7, 11) is 0. The van der Waals surface area contributed by atoms with Gasteiger partial charge < -0.3 is 10.6 Å². The molecule has 1 aromatic carbocycles. The van der Waals surface area contributed by atoms with Crippen LogP contribution in [0.2, 0.25) is 0 Å². The Hall–Kier alpha value is -2.76. The smallest absolute Gasteiger partial charge is 0.235 e. The van der Waals surface area contributed by atoms with Crippen molar-refractivity contribution in [2.24, 2.45) is 5.92 Å². The molecule has 1 aromatic heterocycles. The minimum Gasteiger partial charge on any atom is -0.325 e. The molecule has 2 fully saturated rings. The number of amides is 2. The van der Waals surface area contributed by atoms with E-state index in [2.05, 4.69) is 15.6 Å². The maximum atomic E-state index is 13.1. The number of carbonyl (C=O) groups is 2. The molecule has 146 valence electrons. The molecule has 28 heavy (non-hydrogen) atoms. The summed E-state index contributed by atoms with van der Waals surface area (Å²) in [6.07, 6.45) is 8.08. The predicted octanol–water partition coefficient (Wildman–Crippen LogP) is 4.41. The third-order valence-corrected chi connectivity index (χ3v) is 5.80. The number of pyridine rings is 1. The number of aromatic nitrogens is 1. The minimum atomic E-state index is -0.615. The Balaban J connectivity index is 1.41. The van der Waals surface area contributed by atoms with Crippen molar-refractivity contribution in [3.8, 4) is 0 Å². The molecular weight excluding hydrogens is 357 g/mol. The number of hydrogen-bond donors (Lipinski definition) is 2. The first-order valence-corrected chi connectivity index (χ1v) is 9.89. The highest BCUT2D eigenvalue weighted by molar-refractivity contribution is 6.00. The summed E-state index contributed by atoms with van der Waals surface area (Å²) in [5.41, 5.74) is 0.801. The van der Waals surface area contributed by atoms with Gasteiger partial charge in [0.05, 0.1) is 5.41 Å². The normalized spacial score (nSPS) is 17.5. The number of carbonyl (C=O) groups excluding carboxylic acids is 2. The molecule has 0 aliphatic heterocycles. The molecule has 5 nitrogen and oxygen atoms in total. The van der Waals surface area contributed by atoms with Gasteiger partial charge in [-0.15, -0.1) is 0 Å². The van der Waals surface area contributed by atoms with E-state index in [4.69, 9.17) is 0 Å². The van der Waals surface area contributed by atoms with Gasteiger partial charge in [-0.2, -0.15) is 0 Å². The first kappa shape index (κ1) is 18.6. The van der Waals surface area contributed by atoms with Gasteiger partial charge in [0.2, 0.25) is 11.8 Å². The molecule has 0 bridgehead atoms. The van der Waals surface area contributed by atoms with Crippen LogP contribution in [0, 0.1) is 11.7 Å². The van der Waals surface area contributed by atoms with Crippen LogP contribution in [0.25, 0.3) is 0 Å². The molecule has 2 N–H and O–H groups in total. The monoisotopic (exact) mass is 381 g/mol. The maximum absolute atomic E-state index is 13.1. The summed E-state index contributed by atoms with van der Waals surface area (Å²) in [5.74, 6) is 0.778. The molecule has 2 saturated carbocycles. The largest absolute Gasteiger partial charge is 0.325 e. The lowest BCUT2D eigenvalue weighted by Gasteiger charge is -2.40. The second-order valence-corrected chi connectivity index (χ2v) is 7.86. The van der Waals surface area contributed by atoms with E-state index < -0.39 is 5.41 Å². The molecule has 6 heteroatoms. The van der Waals surface area contributed by atoms with Gasteiger partial charge in [-0.05, 0) is 61.1 Å². The lowest BCUT2D eigenvalue weighted by molar-refractivity contribution is -0.124. The first-order chi connectivity index (χ1) is 13.5. The summed E-state index contributed by atoms with van der Waals surface area (Å²) in [6, 6.07) is 9.38. The molecule has 0 unspecified atom stereocenters. The van der Waals surface area contributed by atoms with Gasteiger partial charge in [0.15, 0.2) is 0 Å². The van der Waals surface area contributed by atoms with Crippen LogP contribution >= 0.6 is 0 Å². The summed E-state index contributed by atoms with van der Waals surface area (Å²) < 4.78 is 13.1. The summed E-state index contributed by atoms with van der Waals surface area (Å²) >= 11 is 0. The second kappa shape index (κ2) is 7.70. The SMILES string of the molecule is O=C(CCC1CC1)Nc1ccc(C2(C(=O)Nc3ccc(F)cc3)CCC2)cn1. The molecule has 0 saturated heterocycles. The molecule has 2 aromatic rings. The van der Waals surface area contributed by atoms with Crippen molar-refractivity contribution < 1.29 is 14.0 Å². The van der Waals surface area contributed by atoms with E-state index in [9.17, 15) is 14.0 Å². The lowest BCUT2D eigenvalue weighted by atomic mass is 9.64. The molecular formula is C22H24FN3O2. The van der Waals surface area contributed by atoms with Crippen molar-refractivity contribution in [1.29, 1.82) is 0 Å². The molecule has 2 amide bonds. The Morgan fingerprint density at radius 1 is 1.07 bits per heavy atom. The van der Waals surface area contributed by atoms with E-state index in [1.165, 1.54) is 25.0 Å². The maximum Gasteiger partial charge on any atom is 0.235 e. The average Bonchev–Trinajstić information content (AvgIpc) is 3.47. The summed E-state index contributed by atoms with van der Waals surface area (Å²) in [6.45, 7) is 0. The van der Waals surface area contributed by atoms with Crippen molar-refractivity contribution in [2.45, 2.75) is 50.4 Å². The summed E-state index contributed by atoms with van der Waals surface area (Å²) in [5, 5.41) is 5.72. The van der Waals surface area contributed by atoms with Crippen molar-refractivity contribution in [1.82, 2.24) is 4.98 Å². The van der Waals surface area contributed by atoms with E-state index in [-0.39, 0.29) is 17.6 Å². The van der Waals surface area contributed by atoms with Gasteiger partial charge in [-0.1, -0.05) is 25.3 Å². The number of halogens is 1. The fourth-order valence-corrected chi connectivity index (χ4v) is 3.66. The molecule has 4 rings (SSSR count). The molecule has 0 radical (unpaired) electrons. The standard InChI is InChI=1S/C22H24FN3O2/c23-17-6-8-18(9-7-17)25-21(28)22(12-1-13-22)16-5-10-19(24-14-16)26-20(27)11-4-15-2-3-15/h5-10,14-15H,1-4,11-13H2,(H,25,28)(H,24,26,27). The average molecular weight is 381 g/mol. The van der Waals surface area contributed by atoms with Crippen molar-refractivity contribution in [3.05, 3.63) is 54.0 Å². The zero-order valence-electron chi connectivity index (χ0n) is 15.7. The second-order valence-electron chi connectivity index (χ2n) is 7.86. The van der Waals surface area contributed by atoms with Crippen molar-refractivity contribution in [3.63, 3.8) is 0 Å². The lowest BCUT2D eigenvalue weighted by Crippen LogP contribution is -2.46. The van der Waals surface area contributed by atoms with Crippen LogP contribution in [0.5, 0.6) is 0 Å². The van der Waals surface area contributed by atoms with Crippen LogP contribution in [0.4, 0.5) is 15.9 Å². The number of anilines is 2. The molecule has 0 spiro atoms. The Morgan fingerprint density at radius 3 is 2.39 bits per heavy atom. The van der Waals surface area contributed by atoms with Crippen LogP contribution in [0.1, 0.15) is 50.5 Å². The van der Waals surface area contributed by atoms with Gasteiger partial charge in [-0.25, -0.2) is 9.37 Å². The predicted molar refractivity (Wildman–Crippen MR) is 105 cm³/mol. The third-order valence-electron chi connectivity index (χ3n) is 5.80. The van der Waals surface area contributed by atoms with Crippen LogP contribution in [0.3, 0.4) is 0 Å². The number of benzene rings is 1. The van der Waals surface area contributed by atoms with Crippen LogP contribution < -0.4 is 10.6 Å². The van der Waals surface area contributed by atoms with Gasteiger partial charge >= 0.3 is 0 Å². The van der Waals surface area contributed by atoms with E-state index >= 15 is 0 Å². The Kier molecular flexibility index (Phi) is 5.11. The number of nitrogens with zero attached hydrogens (tertiary/aromatic N) is 1. The Morgan fingerprint density at radius 2 is 1.82 bits per heavy atom. The first-order valence-electron chi connectivity index (χ1n) is 9.89. The van der Waals surface area contributed by atoms with Gasteiger partial charge in [-0.3, -0.25) is 9.59 Å². The quantitative estimate of drug-likeness (QED) is 0.746. The number of nitrogens with one attached hydrogen (secondary N) is 2. The molecule has 2 aliphatic rings. The zero-order valence-corrected chi connectivity index (χ0v) is 15.7. The van der Waals surface area contributed by atoms with E-state index in [0.717, 1.165) is 37.2 Å². The third kappa shape index (κ3) is 4.06. The van der Waals surface area contributed by atoms with Crippen molar-refractivity contribution in [2.75, 3.05) is 10.6 Å². The highest BCUT2D eigenvalue weighted by Crippen LogP contribution is 2.44. The van der Waals surface area contributed by atoms with Crippen LogP contribution in [0.15, 0.2) is 42.6 Å². The van der Waals surface area contributed by atoms with Crippen molar-refractivity contribution >= 4 is 23.3 Å². The fourth-order valence-electron chi connectivity index (χ4n) is 3.66. The van der Waals surface area contributed by atoms with E-state index in [1.54, 1.807) is 24.4 Å². The Labute approximate surface area is 163 Å². The van der Waals surface area contributed by atoms with Gasteiger partial charge in [0, 0.05) is 18.3 Å². The molecule has 1 heterocycles. The van der Waals surface area contributed by atoms with Gasteiger partial charge in [0.1, 0.15) is 11.6 Å². The molecule has 0 atom stereocenters. The topological polar surface area (TPSA) is 71.1 Å². The van der Waals surface area contributed by atoms with Crippen LogP contribution in [-0.4, -0.2) is 16.8 Å². The Bertz CT molecular complexity index is 856. The van der Waals surface area contributed by atoms with E-state index in [1.807, 2.05) is 6.07 Å². The fraction of sp³-hybridized carbons (Fsp3) is 0.409. The summed E-state index contributed by atoms with van der Waals surface area (Å²) in [4.78, 5) is 29.3. The number of hydrogen-bond acceptors (Lipinski definition) is 3. The van der Waals surface area contributed by atoms with Gasteiger partial charge in [0.25, 0.3) is 0 Å². The minimum absolute atomic E-state index is 0.0143. The highest BCUT2D eigenvalue weighted by Gasteiger charge is 2.45. The number of rotatable bonds is 7. The van der Waals surface area contributed by atoms with E-state index in [0.29, 0.717) is 17.9 Å². The molecule has 2 aliphatic carbocycles. The van der Waals surface area contributed by atoms with Crippen LogP contribution in [-0.2, 0) is 15.0 Å². The highest BCUT2D eigenvalue weighted by atomic mass is 19.1.